The second-order valence-electron chi connectivity index (χ2n) is 8.62. The Labute approximate surface area is 258 Å². The maximum absolute atomic E-state index is 10.6. The molecule has 258 valence electrons. The van der Waals surface area contributed by atoms with Crippen molar-refractivity contribution < 1.29 is 74.0 Å². The summed E-state index contributed by atoms with van der Waals surface area (Å²) in [5.41, 5.74) is 2.23. The van der Waals surface area contributed by atoms with Gasteiger partial charge >= 0.3 is 36.4 Å². The number of nitrogens with zero attached hydrogens (tertiary/aromatic N) is 4. The highest BCUT2D eigenvalue weighted by molar-refractivity contribution is 5.73. The van der Waals surface area contributed by atoms with E-state index < -0.39 is 36.4 Å². The molecule has 0 amide bonds. The van der Waals surface area contributed by atoms with E-state index in [1.165, 1.54) is 5.56 Å². The zero-order valence-corrected chi connectivity index (χ0v) is 23.4. The van der Waals surface area contributed by atoms with Crippen LogP contribution in [0.4, 0.5) is 51.0 Å². The molecule has 1 fully saturated rings. The number of carboxylic acids is 3. The molecule has 3 heterocycles. The zero-order chi connectivity index (χ0) is 35.8. The van der Waals surface area contributed by atoms with Crippen LogP contribution in [0.3, 0.4) is 0 Å². The monoisotopic (exact) mass is 689 g/mol. The Morgan fingerprint density at radius 2 is 1.28 bits per heavy atom. The number of benzene rings is 1. The first kappa shape index (κ1) is 40.0. The molecule has 1 aliphatic heterocycles. The van der Waals surface area contributed by atoms with Gasteiger partial charge in [-0.05, 0) is 35.9 Å². The molecule has 1 unspecified atom stereocenters. The lowest BCUT2D eigenvalue weighted by Gasteiger charge is -2.34. The van der Waals surface area contributed by atoms with E-state index in [0.717, 1.165) is 37.0 Å². The number of aromatic nitrogens is 3. The van der Waals surface area contributed by atoms with E-state index in [4.69, 9.17) is 39.4 Å². The summed E-state index contributed by atoms with van der Waals surface area (Å²) < 4.78 is 101. The molecule has 1 atom stereocenters. The van der Waals surface area contributed by atoms with Crippen LogP contribution in [-0.2, 0) is 25.7 Å². The lowest BCUT2D eigenvalue weighted by Crippen LogP contribution is -2.39. The number of morpholine rings is 1. The third kappa shape index (κ3) is 16.2. The van der Waals surface area contributed by atoms with E-state index >= 15 is 0 Å². The van der Waals surface area contributed by atoms with Crippen molar-refractivity contribution in [2.45, 2.75) is 31.1 Å². The molecular weight excluding hydrogens is 665 g/mol. The predicted molar refractivity (Wildman–Crippen MR) is 141 cm³/mol. The summed E-state index contributed by atoms with van der Waals surface area (Å²) in [6, 6.07) is 16.0. The number of anilines is 2. The predicted octanol–water partition coefficient (Wildman–Crippen LogP) is 5.09. The molecule has 47 heavy (non-hydrogen) atoms. The summed E-state index contributed by atoms with van der Waals surface area (Å²) in [6.45, 7) is 3.01. The number of aliphatic carboxylic acids is 3. The van der Waals surface area contributed by atoms with Crippen LogP contribution in [0.25, 0.3) is 0 Å². The van der Waals surface area contributed by atoms with Crippen molar-refractivity contribution in [3.8, 4) is 0 Å². The van der Waals surface area contributed by atoms with E-state index in [-0.39, 0.29) is 6.04 Å². The first-order valence-corrected chi connectivity index (χ1v) is 12.5. The molecule has 3 aromatic rings. The molecule has 4 rings (SSSR count). The average molecular weight is 689 g/mol. The van der Waals surface area contributed by atoms with Crippen molar-refractivity contribution in [3.63, 3.8) is 0 Å². The molecule has 2 aromatic heterocycles. The number of hydrogen-bond donors (Lipinski definition) is 4. The number of ether oxygens (including phenoxy) is 1. The fourth-order valence-corrected chi connectivity index (χ4v) is 3.06. The maximum atomic E-state index is 10.6. The van der Waals surface area contributed by atoms with Gasteiger partial charge < -0.3 is 25.4 Å². The number of alkyl halides is 9. The third-order valence-corrected chi connectivity index (χ3v) is 5.12. The lowest BCUT2D eigenvalue weighted by molar-refractivity contribution is -0.193. The fraction of sp³-hybridized carbons (Fsp3) is 0.308. The Balaban J connectivity index is 0.000000430. The number of halogens is 9. The Kier molecular flexibility index (Phi) is 15.5. The van der Waals surface area contributed by atoms with Gasteiger partial charge in [0.05, 0.1) is 19.3 Å². The van der Waals surface area contributed by atoms with Crippen LogP contribution < -0.4 is 5.32 Å². The lowest BCUT2D eigenvalue weighted by atomic mass is 10.1. The van der Waals surface area contributed by atoms with Gasteiger partial charge in [-0.2, -0.15) is 39.5 Å². The summed E-state index contributed by atoms with van der Waals surface area (Å²) in [6.07, 6.45) is -9.80. The average Bonchev–Trinajstić information content (AvgIpc) is 2.98. The highest BCUT2D eigenvalue weighted by Gasteiger charge is 2.39. The number of para-hydroxylation sites is 1. The van der Waals surface area contributed by atoms with Gasteiger partial charge in [-0.3, -0.25) is 9.88 Å². The van der Waals surface area contributed by atoms with Crippen LogP contribution in [0, 0.1) is 0 Å². The summed E-state index contributed by atoms with van der Waals surface area (Å²) in [5, 5.41) is 24.7. The van der Waals surface area contributed by atoms with Gasteiger partial charge in [-0.1, -0.05) is 18.2 Å². The van der Waals surface area contributed by atoms with Crippen molar-refractivity contribution in [2.24, 2.45) is 0 Å². The van der Waals surface area contributed by atoms with Crippen LogP contribution in [0.2, 0.25) is 0 Å². The number of nitrogens with one attached hydrogen (secondary N) is 1. The number of hydrogen-bond acceptors (Lipinski definition) is 9. The normalized spacial score (nSPS) is 14.9. The fourth-order valence-electron chi connectivity index (χ4n) is 3.06. The van der Waals surface area contributed by atoms with Crippen LogP contribution in [0.5, 0.6) is 0 Å². The highest BCUT2D eigenvalue weighted by atomic mass is 19.4. The minimum Gasteiger partial charge on any atom is -0.475 e. The molecule has 21 heteroatoms. The number of carboxylic acid groups (broad SMARTS) is 3. The smallest absolute Gasteiger partial charge is 0.475 e. The topological polar surface area (TPSA) is 175 Å². The van der Waals surface area contributed by atoms with Crippen LogP contribution in [-0.4, -0.2) is 91.4 Å². The van der Waals surface area contributed by atoms with E-state index in [9.17, 15) is 39.5 Å². The molecular formula is C26H24F9N5O7. The standard InChI is InChI=1S/C20H21N5O.3C2HF3O2/c1-2-4-17(5-3-1)23-19-8-11-22-20(24-19)18-15-26-13-12-25(18)14-16-6-9-21-10-7-16;3*3-2(4,5)1(6)7/h1-11,18H,12-15H2,(H,22,23,24);3*(H,6,7). The second-order valence-corrected chi connectivity index (χ2v) is 8.62. The van der Waals surface area contributed by atoms with Crippen LogP contribution in [0.1, 0.15) is 17.4 Å². The highest BCUT2D eigenvalue weighted by Crippen LogP contribution is 2.25. The first-order chi connectivity index (χ1) is 21.7. The van der Waals surface area contributed by atoms with Gasteiger partial charge in [0.2, 0.25) is 0 Å². The maximum Gasteiger partial charge on any atom is 0.490 e. The van der Waals surface area contributed by atoms with E-state index in [2.05, 4.69) is 20.2 Å². The summed E-state index contributed by atoms with van der Waals surface area (Å²) in [7, 11) is 0. The number of pyridine rings is 1. The Morgan fingerprint density at radius 3 is 1.74 bits per heavy atom. The zero-order valence-electron chi connectivity index (χ0n) is 23.4. The van der Waals surface area contributed by atoms with Gasteiger partial charge in [-0.25, -0.2) is 24.4 Å². The van der Waals surface area contributed by atoms with Gasteiger partial charge in [-0.15, -0.1) is 0 Å². The van der Waals surface area contributed by atoms with E-state index in [1.54, 1.807) is 6.20 Å². The molecule has 4 N–H and O–H groups in total. The van der Waals surface area contributed by atoms with Crippen molar-refractivity contribution in [3.05, 3.63) is 78.5 Å². The summed E-state index contributed by atoms with van der Waals surface area (Å²) >= 11 is 0. The SMILES string of the molecule is O=C(O)C(F)(F)F.O=C(O)C(F)(F)F.O=C(O)C(F)(F)F.c1ccc(Nc2ccnc(C3COCCN3Cc3ccncc3)n2)cc1. The van der Waals surface area contributed by atoms with Crippen LogP contribution in [0.15, 0.2) is 67.1 Å². The van der Waals surface area contributed by atoms with Gasteiger partial charge in [0.1, 0.15) is 11.6 Å². The van der Waals surface area contributed by atoms with E-state index in [1.807, 2.05) is 60.9 Å². The van der Waals surface area contributed by atoms with Crippen molar-refractivity contribution in [2.75, 3.05) is 25.1 Å². The third-order valence-electron chi connectivity index (χ3n) is 5.12. The van der Waals surface area contributed by atoms with Gasteiger partial charge in [0, 0.05) is 37.4 Å². The summed E-state index contributed by atoms with van der Waals surface area (Å²) in [5.74, 6) is -6.71. The Hall–Kier alpha value is -5.05. The molecule has 0 saturated carbocycles. The Morgan fingerprint density at radius 1 is 0.787 bits per heavy atom. The number of rotatable bonds is 5. The minimum absolute atomic E-state index is 0.0365. The molecule has 0 spiro atoms. The first-order valence-electron chi connectivity index (χ1n) is 12.5. The van der Waals surface area contributed by atoms with Crippen molar-refractivity contribution in [1.29, 1.82) is 0 Å². The number of carbonyl (C=O) groups is 3. The van der Waals surface area contributed by atoms with E-state index in [0.29, 0.717) is 6.61 Å². The van der Waals surface area contributed by atoms with Gasteiger partial charge in [0.25, 0.3) is 0 Å². The molecule has 1 aliphatic rings. The molecule has 0 radical (unpaired) electrons. The molecule has 0 aliphatic carbocycles. The largest absolute Gasteiger partial charge is 0.490 e. The quantitative estimate of drug-likeness (QED) is 0.262. The van der Waals surface area contributed by atoms with Crippen molar-refractivity contribution in [1.82, 2.24) is 19.9 Å². The second kappa shape index (κ2) is 18.2. The Bertz CT molecular complexity index is 1350. The molecule has 12 nitrogen and oxygen atoms in total. The molecule has 1 aromatic carbocycles. The van der Waals surface area contributed by atoms with Crippen molar-refractivity contribution >= 4 is 29.4 Å². The van der Waals surface area contributed by atoms with Gasteiger partial charge in [0.15, 0.2) is 0 Å². The van der Waals surface area contributed by atoms with Crippen LogP contribution >= 0.6 is 0 Å². The summed E-state index contributed by atoms with van der Waals surface area (Å²) in [4.78, 5) is 42.4. The molecule has 1 saturated heterocycles. The molecule has 0 bridgehead atoms. The minimum atomic E-state index is -5.08.